The molecule has 4 aliphatic rings. The molecule has 2 saturated heterocycles. The fourth-order valence-electron chi connectivity index (χ4n) is 7.10. The molecule has 0 bridgehead atoms. The van der Waals surface area contributed by atoms with E-state index in [1.807, 2.05) is 30.3 Å². The van der Waals surface area contributed by atoms with Gasteiger partial charge in [0.2, 0.25) is 11.8 Å². The largest absolute Gasteiger partial charge is 0.455 e. The summed E-state index contributed by atoms with van der Waals surface area (Å²) in [5.74, 6) is -3.60. The maximum Gasteiger partial charge on any atom is 0.313 e. The number of nitrogens with zero attached hydrogens (tertiary/aromatic N) is 2. The highest BCUT2D eigenvalue weighted by molar-refractivity contribution is 6.34. The zero-order chi connectivity index (χ0) is 32.3. The van der Waals surface area contributed by atoms with Crippen molar-refractivity contribution < 1.29 is 33.8 Å². The van der Waals surface area contributed by atoms with Crippen molar-refractivity contribution in [3.05, 3.63) is 89.5 Å². The number of anilines is 1. The van der Waals surface area contributed by atoms with Gasteiger partial charge in [0.1, 0.15) is 23.7 Å². The van der Waals surface area contributed by atoms with Crippen molar-refractivity contribution in [3.8, 4) is 0 Å². The number of carbonyl (C=O) groups excluding carboxylic acids is 4. The first kappa shape index (κ1) is 32.0. The Morgan fingerprint density at radius 2 is 1.74 bits per heavy atom. The summed E-state index contributed by atoms with van der Waals surface area (Å²) in [5.41, 5.74) is -0.232. The van der Waals surface area contributed by atoms with E-state index in [0.717, 1.165) is 0 Å². The molecule has 11 heteroatoms. The average Bonchev–Trinajstić information content (AvgIpc) is 3.44. The van der Waals surface area contributed by atoms with E-state index >= 15 is 0 Å². The van der Waals surface area contributed by atoms with Crippen LogP contribution in [0.15, 0.2) is 78.9 Å². The number of unbranched alkanes of at least 4 members (excludes halogenated alkanes) is 2. The van der Waals surface area contributed by atoms with E-state index in [1.165, 1.54) is 0 Å². The first-order valence-electron chi connectivity index (χ1n) is 15.9. The van der Waals surface area contributed by atoms with E-state index in [2.05, 4.69) is 5.32 Å². The molecular weight excluding hydrogens is 610 g/mol. The molecule has 2 aromatic carbocycles. The van der Waals surface area contributed by atoms with Crippen molar-refractivity contribution in [1.82, 2.24) is 10.2 Å². The highest BCUT2D eigenvalue weighted by Crippen LogP contribution is 2.53. The average molecular weight is 648 g/mol. The minimum Gasteiger partial charge on any atom is -0.455 e. The maximum atomic E-state index is 14.6. The SMILES string of the molecule is O=C1CC/C=C\[C@@H]2O[C@@]34C=CCN(c5ccccc5Cl)C(=O)[C@@H]3N(CCCCCO)C(=O)[C@H]4[C@@H]2C(=O)O[C@@H](c2ccccc2)CN1. The number of rotatable bonds is 7. The lowest BCUT2D eigenvalue weighted by atomic mass is 9.78. The molecule has 0 radical (unpaired) electrons. The zero-order valence-corrected chi connectivity index (χ0v) is 26.2. The van der Waals surface area contributed by atoms with Gasteiger partial charge in [0.25, 0.3) is 5.91 Å². The van der Waals surface area contributed by atoms with Crippen LogP contribution in [-0.2, 0) is 28.7 Å². The number of nitrogens with one attached hydrogen (secondary N) is 1. The number of halogens is 1. The van der Waals surface area contributed by atoms with Crippen molar-refractivity contribution >= 4 is 41.0 Å². The van der Waals surface area contributed by atoms with Gasteiger partial charge >= 0.3 is 5.97 Å². The first-order valence-corrected chi connectivity index (χ1v) is 16.2. The molecule has 3 amide bonds. The Kier molecular flexibility index (Phi) is 9.58. The number of hydrogen-bond donors (Lipinski definition) is 2. The number of fused-ring (bicyclic) bond motifs is 2. The van der Waals surface area contributed by atoms with Gasteiger partial charge in [-0.3, -0.25) is 19.2 Å². The van der Waals surface area contributed by atoms with Crippen LogP contribution in [0.25, 0.3) is 0 Å². The Morgan fingerprint density at radius 1 is 0.957 bits per heavy atom. The van der Waals surface area contributed by atoms with Crippen molar-refractivity contribution in [1.29, 1.82) is 0 Å². The Hall–Kier alpha value is -3.99. The molecule has 4 aliphatic heterocycles. The minimum atomic E-state index is -1.45. The first-order chi connectivity index (χ1) is 22.4. The van der Waals surface area contributed by atoms with Crippen molar-refractivity contribution in [2.45, 2.75) is 56.0 Å². The third kappa shape index (κ3) is 5.97. The van der Waals surface area contributed by atoms with Crippen LogP contribution in [0.1, 0.15) is 43.8 Å². The molecule has 46 heavy (non-hydrogen) atoms. The molecule has 2 aromatic rings. The van der Waals surface area contributed by atoms with Crippen LogP contribution < -0.4 is 10.2 Å². The predicted molar refractivity (Wildman–Crippen MR) is 171 cm³/mol. The zero-order valence-electron chi connectivity index (χ0n) is 25.4. The van der Waals surface area contributed by atoms with E-state index in [-0.39, 0.29) is 50.4 Å². The molecule has 6 atom stereocenters. The Morgan fingerprint density at radius 3 is 2.52 bits per heavy atom. The van der Waals surface area contributed by atoms with Crippen LogP contribution in [0.3, 0.4) is 0 Å². The summed E-state index contributed by atoms with van der Waals surface area (Å²) in [7, 11) is 0. The highest BCUT2D eigenvalue weighted by atomic mass is 35.5. The second-order valence-corrected chi connectivity index (χ2v) is 12.5. The number of allylic oxidation sites excluding steroid dienone is 1. The molecule has 6 rings (SSSR count). The molecule has 2 N–H and O–H groups in total. The van der Waals surface area contributed by atoms with E-state index in [0.29, 0.717) is 42.0 Å². The number of ether oxygens (including phenoxy) is 2. The van der Waals surface area contributed by atoms with Crippen molar-refractivity contribution in [3.63, 3.8) is 0 Å². The summed E-state index contributed by atoms with van der Waals surface area (Å²) in [4.78, 5) is 59.0. The van der Waals surface area contributed by atoms with Crippen molar-refractivity contribution in [2.24, 2.45) is 11.8 Å². The minimum absolute atomic E-state index is 0.0277. The van der Waals surface area contributed by atoms with Gasteiger partial charge in [-0.2, -0.15) is 0 Å². The van der Waals surface area contributed by atoms with Gasteiger partial charge in [-0.15, -0.1) is 0 Å². The topological polar surface area (TPSA) is 125 Å². The smallest absolute Gasteiger partial charge is 0.313 e. The summed E-state index contributed by atoms with van der Waals surface area (Å²) in [6, 6.07) is 15.1. The summed E-state index contributed by atoms with van der Waals surface area (Å²) < 4.78 is 12.9. The number of likely N-dealkylation sites (tertiary alicyclic amines) is 1. The van der Waals surface area contributed by atoms with Gasteiger partial charge in [0, 0.05) is 26.1 Å². The van der Waals surface area contributed by atoms with Gasteiger partial charge in [0.05, 0.1) is 29.3 Å². The fourth-order valence-corrected chi connectivity index (χ4v) is 7.34. The van der Waals surface area contributed by atoms with Gasteiger partial charge in [-0.05, 0) is 43.4 Å². The van der Waals surface area contributed by atoms with E-state index in [1.54, 1.807) is 58.4 Å². The van der Waals surface area contributed by atoms with Gasteiger partial charge in [0.15, 0.2) is 0 Å². The number of aliphatic hydroxyl groups excluding tert-OH is 1. The number of amides is 3. The lowest BCUT2D eigenvalue weighted by Gasteiger charge is -2.35. The quantitative estimate of drug-likeness (QED) is 0.267. The van der Waals surface area contributed by atoms with Crippen LogP contribution in [0, 0.1) is 11.8 Å². The summed E-state index contributed by atoms with van der Waals surface area (Å²) in [6.07, 6.45) is 7.83. The third-order valence-electron chi connectivity index (χ3n) is 9.24. The van der Waals surface area contributed by atoms with Crippen LogP contribution in [0.2, 0.25) is 5.02 Å². The number of aliphatic hydroxyl groups is 1. The number of para-hydroxylation sites is 1. The molecule has 0 unspecified atom stereocenters. The maximum absolute atomic E-state index is 14.6. The van der Waals surface area contributed by atoms with Crippen LogP contribution in [0.4, 0.5) is 5.69 Å². The van der Waals surface area contributed by atoms with E-state index < -0.39 is 41.7 Å². The predicted octanol–water partition coefficient (Wildman–Crippen LogP) is 3.74. The number of cyclic esters (lactones) is 1. The molecule has 0 saturated carbocycles. The Balaban J connectivity index is 1.41. The standard InChI is InChI=1S/C35H38ClN3O7/c36-24-14-5-6-15-25(24)38-20-11-18-35-30(32(42)39(31(35)33(38)43)19-9-2-10-21-40)29-26(46-35)16-7-8-17-28(41)37-22-27(45-34(29)44)23-12-3-1-4-13-23/h1,3-7,11-16,18,26-27,29-31,40H,2,8-10,17,19-22H2,(H,37,41)/b16-7-/t26-,27+,29+,30+,31-,35+/m0/s1. The van der Waals surface area contributed by atoms with Crippen LogP contribution in [-0.4, -0.2) is 77.7 Å². The molecule has 242 valence electrons. The normalized spacial score (nSPS) is 30.3. The van der Waals surface area contributed by atoms with Crippen molar-refractivity contribution in [2.75, 3.05) is 31.1 Å². The Labute approximate surface area is 273 Å². The number of hydrogen-bond acceptors (Lipinski definition) is 7. The number of carbonyl (C=O) groups is 4. The number of benzene rings is 2. The molecule has 10 nitrogen and oxygen atoms in total. The van der Waals surface area contributed by atoms with Gasteiger partial charge < -0.3 is 29.7 Å². The molecule has 0 aromatic heterocycles. The van der Waals surface area contributed by atoms with Crippen LogP contribution in [0.5, 0.6) is 0 Å². The monoisotopic (exact) mass is 647 g/mol. The second kappa shape index (κ2) is 13.8. The lowest BCUT2D eigenvalue weighted by molar-refractivity contribution is -0.159. The fraction of sp³-hybridized carbons (Fsp3) is 0.429. The summed E-state index contributed by atoms with van der Waals surface area (Å²) in [5, 5.41) is 12.6. The number of esters is 1. The lowest BCUT2D eigenvalue weighted by Crippen LogP contribution is -2.55. The molecule has 1 spiro atoms. The van der Waals surface area contributed by atoms with Gasteiger partial charge in [-0.25, -0.2) is 0 Å². The molecular formula is C35H38ClN3O7. The van der Waals surface area contributed by atoms with E-state index in [4.69, 9.17) is 21.1 Å². The molecule has 2 fully saturated rings. The highest BCUT2D eigenvalue weighted by Gasteiger charge is 2.71. The Bertz CT molecular complexity index is 1530. The molecule has 4 heterocycles. The third-order valence-corrected chi connectivity index (χ3v) is 9.56. The second-order valence-electron chi connectivity index (χ2n) is 12.1. The van der Waals surface area contributed by atoms with Gasteiger partial charge in [-0.1, -0.05) is 78.4 Å². The summed E-state index contributed by atoms with van der Waals surface area (Å²) >= 11 is 6.55. The molecule has 0 aliphatic carbocycles. The summed E-state index contributed by atoms with van der Waals surface area (Å²) in [6.45, 7) is 0.552. The van der Waals surface area contributed by atoms with Crippen LogP contribution >= 0.6 is 11.6 Å². The van der Waals surface area contributed by atoms with E-state index in [9.17, 15) is 24.3 Å².